The molecule has 4 aromatic rings. The van der Waals surface area contributed by atoms with E-state index in [9.17, 15) is 10.2 Å². The second-order valence-electron chi connectivity index (χ2n) is 7.49. The summed E-state index contributed by atoms with van der Waals surface area (Å²) in [6.07, 6.45) is 5.15. The molecule has 0 saturated heterocycles. The van der Waals surface area contributed by atoms with Gasteiger partial charge in [-0.15, -0.1) is 0 Å². The van der Waals surface area contributed by atoms with Gasteiger partial charge in [0, 0.05) is 17.1 Å². The Morgan fingerprint density at radius 1 is 1.18 bits per heavy atom. The van der Waals surface area contributed by atoms with Crippen molar-refractivity contribution < 1.29 is 10.2 Å². The van der Waals surface area contributed by atoms with Crippen molar-refractivity contribution in [2.75, 3.05) is 0 Å². The molecule has 3 heterocycles. The first-order valence-corrected chi connectivity index (χ1v) is 9.11. The average molecular weight is 378 g/mol. The summed E-state index contributed by atoms with van der Waals surface area (Å²) in [7, 11) is 0. The van der Waals surface area contributed by atoms with E-state index >= 15 is 0 Å². The predicted molar refractivity (Wildman–Crippen MR) is 105 cm³/mol. The molecule has 3 aromatic heterocycles. The molecule has 0 unspecified atom stereocenters. The van der Waals surface area contributed by atoms with E-state index in [2.05, 4.69) is 25.3 Å². The van der Waals surface area contributed by atoms with Crippen LogP contribution in [0.4, 0.5) is 0 Å². The summed E-state index contributed by atoms with van der Waals surface area (Å²) >= 11 is 0. The monoisotopic (exact) mass is 378 g/mol. The summed E-state index contributed by atoms with van der Waals surface area (Å²) in [4.78, 5) is 8.70. The second-order valence-corrected chi connectivity index (χ2v) is 7.49. The number of H-pyrrole nitrogens is 1. The number of pyridine rings is 1. The molecule has 1 atom stereocenters. The lowest BCUT2D eigenvalue weighted by molar-refractivity contribution is 0.0485. The molecule has 0 amide bonds. The molecule has 0 saturated carbocycles. The van der Waals surface area contributed by atoms with Crippen molar-refractivity contribution in [2.45, 2.75) is 38.4 Å². The van der Waals surface area contributed by atoms with Crippen LogP contribution in [0, 0.1) is 0 Å². The van der Waals surface area contributed by atoms with Crippen LogP contribution in [0.15, 0.2) is 49.1 Å². The summed E-state index contributed by atoms with van der Waals surface area (Å²) in [5.74, 6) is 0.684. The predicted octanol–water partition coefficient (Wildman–Crippen LogP) is 2.79. The maximum Gasteiger partial charge on any atom is 0.162 e. The number of nitrogens with zero attached hydrogens (tertiary/aromatic N) is 5. The molecule has 0 spiro atoms. The van der Waals surface area contributed by atoms with Gasteiger partial charge < -0.3 is 10.2 Å². The van der Waals surface area contributed by atoms with Crippen molar-refractivity contribution in [1.82, 2.24) is 29.9 Å². The zero-order valence-electron chi connectivity index (χ0n) is 15.7. The molecular weight excluding hydrogens is 356 g/mol. The molecule has 0 aliphatic heterocycles. The Hall–Kier alpha value is -3.10. The highest BCUT2D eigenvalue weighted by atomic mass is 16.3. The Bertz CT molecular complexity index is 1080. The van der Waals surface area contributed by atoms with Gasteiger partial charge >= 0.3 is 0 Å². The van der Waals surface area contributed by atoms with Crippen molar-refractivity contribution in [3.8, 4) is 17.1 Å². The van der Waals surface area contributed by atoms with Gasteiger partial charge in [0.2, 0.25) is 0 Å². The van der Waals surface area contributed by atoms with Gasteiger partial charge in [0.15, 0.2) is 11.5 Å². The molecule has 144 valence electrons. The Balaban J connectivity index is 1.63. The van der Waals surface area contributed by atoms with Crippen LogP contribution in [0.25, 0.3) is 28.1 Å². The van der Waals surface area contributed by atoms with Gasteiger partial charge in [0.25, 0.3) is 0 Å². The number of hydrogen-bond acceptors (Lipinski definition) is 6. The minimum atomic E-state index is -0.808. The van der Waals surface area contributed by atoms with Crippen LogP contribution in [0.1, 0.15) is 38.4 Å². The minimum absolute atomic E-state index is 0.462. The third kappa shape index (κ3) is 3.78. The van der Waals surface area contributed by atoms with Crippen LogP contribution >= 0.6 is 0 Å². The number of rotatable bonds is 6. The Kier molecular flexibility index (Phi) is 4.66. The molecular formula is C20H22N6O2. The highest BCUT2D eigenvalue weighted by molar-refractivity contribution is 5.77. The number of aromatic amines is 1. The van der Waals surface area contributed by atoms with E-state index in [4.69, 9.17) is 0 Å². The fourth-order valence-corrected chi connectivity index (χ4v) is 3.10. The van der Waals surface area contributed by atoms with Crippen LogP contribution in [-0.4, -0.2) is 45.8 Å². The summed E-state index contributed by atoms with van der Waals surface area (Å²) in [6, 6.07) is 9.66. The van der Waals surface area contributed by atoms with E-state index < -0.39 is 11.7 Å². The van der Waals surface area contributed by atoms with E-state index in [-0.39, 0.29) is 0 Å². The summed E-state index contributed by atoms with van der Waals surface area (Å²) in [5, 5.41) is 32.3. The van der Waals surface area contributed by atoms with Crippen LogP contribution in [-0.2, 0) is 0 Å². The molecule has 28 heavy (non-hydrogen) atoms. The molecule has 0 aliphatic carbocycles. The zero-order valence-corrected chi connectivity index (χ0v) is 15.7. The minimum Gasteiger partial charge on any atom is -0.390 e. The van der Waals surface area contributed by atoms with Gasteiger partial charge in [0.1, 0.15) is 6.33 Å². The molecule has 1 aromatic carbocycles. The van der Waals surface area contributed by atoms with E-state index in [1.165, 1.54) is 6.33 Å². The van der Waals surface area contributed by atoms with Crippen molar-refractivity contribution in [3.05, 3.63) is 54.6 Å². The zero-order chi connectivity index (χ0) is 19.7. The Morgan fingerprint density at radius 2 is 2.04 bits per heavy atom. The van der Waals surface area contributed by atoms with Gasteiger partial charge in [-0.2, -0.15) is 10.2 Å². The third-order valence-electron chi connectivity index (χ3n) is 4.62. The first kappa shape index (κ1) is 18.3. The van der Waals surface area contributed by atoms with Crippen molar-refractivity contribution in [2.24, 2.45) is 0 Å². The van der Waals surface area contributed by atoms with Crippen molar-refractivity contribution in [1.29, 1.82) is 0 Å². The normalized spacial score (nSPS) is 13.1. The van der Waals surface area contributed by atoms with Crippen LogP contribution < -0.4 is 0 Å². The number of fused-ring (bicyclic) bond motifs is 1. The molecule has 0 fully saturated rings. The lowest BCUT2D eigenvalue weighted by Gasteiger charge is -2.19. The number of nitrogens with one attached hydrogen (secondary N) is 1. The molecule has 0 radical (unpaired) electrons. The fourth-order valence-electron chi connectivity index (χ4n) is 3.10. The number of aromatic nitrogens is 6. The van der Waals surface area contributed by atoms with Gasteiger partial charge in [-0.3, -0.25) is 5.10 Å². The molecule has 4 rings (SSSR count). The highest BCUT2D eigenvalue weighted by Gasteiger charge is 2.18. The SMILES string of the molecule is CC(C)(O)CC[C@H](O)c1cnc2c(cnn2-c2cccc(-c3ncn[nH]3)c2)c1. The lowest BCUT2D eigenvalue weighted by Crippen LogP contribution is -2.19. The highest BCUT2D eigenvalue weighted by Crippen LogP contribution is 2.26. The summed E-state index contributed by atoms with van der Waals surface area (Å²) < 4.78 is 1.75. The Morgan fingerprint density at radius 3 is 2.79 bits per heavy atom. The quantitative estimate of drug-likeness (QED) is 0.475. The standard InChI is InChI=1S/C20H22N6O2/c1-20(2,28)7-6-17(27)14-8-15-11-24-26(19(15)21-10-14)16-5-3-4-13(9-16)18-22-12-23-25-18/h3-5,8-12,17,27-28H,6-7H2,1-2H3,(H,22,23,25)/t17-/m0/s1. The maximum atomic E-state index is 10.4. The average Bonchev–Trinajstić information content (AvgIpc) is 3.35. The van der Waals surface area contributed by atoms with E-state index in [0.29, 0.717) is 29.9 Å². The van der Waals surface area contributed by atoms with Crippen molar-refractivity contribution >= 4 is 11.0 Å². The van der Waals surface area contributed by atoms with Gasteiger partial charge in [-0.1, -0.05) is 12.1 Å². The third-order valence-corrected chi connectivity index (χ3v) is 4.62. The van der Waals surface area contributed by atoms with E-state index in [1.807, 2.05) is 30.3 Å². The fraction of sp³-hybridized carbons (Fsp3) is 0.300. The molecule has 8 nitrogen and oxygen atoms in total. The summed E-state index contributed by atoms with van der Waals surface area (Å²) in [5.41, 5.74) is 2.36. The molecule has 0 bridgehead atoms. The second kappa shape index (κ2) is 7.14. The summed E-state index contributed by atoms with van der Waals surface area (Å²) in [6.45, 7) is 3.47. The van der Waals surface area contributed by atoms with Crippen LogP contribution in [0.3, 0.4) is 0 Å². The maximum absolute atomic E-state index is 10.4. The number of benzene rings is 1. The van der Waals surface area contributed by atoms with E-state index in [1.54, 1.807) is 30.9 Å². The topological polar surface area (TPSA) is 113 Å². The first-order valence-electron chi connectivity index (χ1n) is 9.11. The van der Waals surface area contributed by atoms with Gasteiger partial charge in [-0.05, 0) is 50.5 Å². The molecule has 0 aliphatic rings. The molecule has 3 N–H and O–H groups in total. The van der Waals surface area contributed by atoms with Gasteiger partial charge in [0.05, 0.1) is 23.6 Å². The first-order chi connectivity index (χ1) is 13.4. The van der Waals surface area contributed by atoms with Crippen LogP contribution in [0.5, 0.6) is 0 Å². The molecule has 8 heteroatoms. The lowest BCUT2D eigenvalue weighted by atomic mass is 9.97. The van der Waals surface area contributed by atoms with E-state index in [0.717, 1.165) is 16.6 Å². The smallest absolute Gasteiger partial charge is 0.162 e. The number of hydrogen-bond donors (Lipinski definition) is 3. The Labute approximate surface area is 161 Å². The number of aliphatic hydroxyl groups is 2. The van der Waals surface area contributed by atoms with Gasteiger partial charge in [-0.25, -0.2) is 14.6 Å². The van der Waals surface area contributed by atoms with Crippen molar-refractivity contribution in [3.63, 3.8) is 0 Å². The number of aliphatic hydroxyl groups excluding tert-OH is 1. The largest absolute Gasteiger partial charge is 0.390 e. The van der Waals surface area contributed by atoms with Crippen LogP contribution in [0.2, 0.25) is 0 Å².